The maximum atomic E-state index is 11.4. The molecule has 0 saturated carbocycles. The second-order valence-electron chi connectivity index (χ2n) is 3.73. The van der Waals surface area contributed by atoms with Crippen LogP contribution in [-0.2, 0) is 4.79 Å². The van der Waals surface area contributed by atoms with Crippen LogP contribution in [0, 0.1) is 0 Å². The second-order valence-corrected chi connectivity index (χ2v) is 3.73. The Hall–Kier alpha value is -2.77. The van der Waals surface area contributed by atoms with Crippen LogP contribution in [0.5, 0.6) is 5.75 Å². The van der Waals surface area contributed by atoms with Crippen LogP contribution < -0.4 is 27.3 Å². The third kappa shape index (κ3) is 3.87. The van der Waals surface area contributed by atoms with Crippen LogP contribution in [0.3, 0.4) is 0 Å². The number of urea groups is 1. The first-order valence-corrected chi connectivity index (χ1v) is 5.27. The number of anilines is 1. The van der Waals surface area contributed by atoms with Gasteiger partial charge in [0.25, 0.3) is 11.8 Å². The molecule has 0 aliphatic rings. The molecule has 1 atom stereocenters. The molecular formula is C11H14N4O4. The van der Waals surface area contributed by atoms with Gasteiger partial charge in [0, 0.05) is 11.8 Å². The summed E-state index contributed by atoms with van der Waals surface area (Å²) < 4.78 is 5.25. The third-order valence-corrected chi connectivity index (χ3v) is 2.19. The fraction of sp³-hybridized carbons (Fsp3) is 0.182. The Labute approximate surface area is 108 Å². The third-order valence-electron chi connectivity index (χ3n) is 2.19. The summed E-state index contributed by atoms with van der Waals surface area (Å²) in [5, 5.41) is 1.85. The fourth-order valence-electron chi connectivity index (χ4n) is 1.31. The average molecular weight is 266 g/mol. The van der Waals surface area contributed by atoms with Gasteiger partial charge >= 0.3 is 6.03 Å². The normalized spacial score (nSPS) is 11.4. The number of hydrogen-bond donors (Lipinski definition) is 4. The van der Waals surface area contributed by atoms with Crippen LogP contribution >= 0.6 is 0 Å². The van der Waals surface area contributed by atoms with E-state index in [1.54, 1.807) is 0 Å². The Balaban J connectivity index is 2.92. The van der Waals surface area contributed by atoms with E-state index < -0.39 is 23.9 Å². The number of ether oxygens (including phenoxy) is 1. The van der Waals surface area contributed by atoms with Crippen molar-refractivity contribution in [1.29, 1.82) is 0 Å². The lowest BCUT2D eigenvalue weighted by molar-refractivity contribution is -0.126. The summed E-state index contributed by atoms with van der Waals surface area (Å²) in [7, 11) is 0. The number of nitrogen functional groups attached to an aromatic ring is 1. The van der Waals surface area contributed by atoms with Gasteiger partial charge in [0.15, 0.2) is 6.10 Å². The van der Waals surface area contributed by atoms with Gasteiger partial charge < -0.3 is 21.9 Å². The predicted molar refractivity (Wildman–Crippen MR) is 67.2 cm³/mol. The monoisotopic (exact) mass is 266 g/mol. The van der Waals surface area contributed by atoms with E-state index >= 15 is 0 Å². The van der Waals surface area contributed by atoms with Crippen LogP contribution in [0.25, 0.3) is 0 Å². The van der Waals surface area contributed by atoms with Crippen LogP contribution in [0.15, 0.2) is 18.2 Å². The van der Waals surface area contributed by atoms with Gasteiger partial charge in [0.1, 0.15) is 5.75 Å². The van der Waals surface area contributed by atoms with E-state index in [9.17, 15) is 14.4 Å². The molecule has 0 aromatic heterocycles. The lowest BCUT2D eigenvalue weighted by Crippen LogP contribution is -2.42. The molecule has 0 aliphatic carbocycles. The summed E-state index contributed by atoms with van der Waals surface area (Å²) in [4.78, 5) is 33.2. The molecule has 1 aromatic rings. The van der Waals surface area contributed by atoms with Crippen LogP contribution in [0.1, 0.15) is 17.3 Å². The van der Waals surface area contributed by atoms with Crippen molar-refractivity contribution in [2.75, 3.05) is 5.73 Å². The highest BCUT2D eigenvalue weighted by molar-refractivity contribution is 5.97. The van der Waals surface area contributed by atoms with Gasteiger partial charge in [-0.25, -0.2) is 4.79 Å². The minimum atomic E-state index is -1.05. The standard InChI is InChI=1S/C11H14N4O4/c1-5(10(17)15-11(14)18)19-8-4-6(12)2-3-7(8)9(13)16/h2-5H,12H2,1H3,(H2,13,16)(H3,14,15,17,18). The molecule has 8 nitrogen and oxygen atoms in total. The Morgan fingerprint density at radius 1 is 1.26 bits per heavy atom. The van der Waals surface area contributed by atoms with Gasteiger partial charge in [-0.2, -0.15) is 0 Å². The Bertz CT molecular complexity index is 529. The van der Waals surface area contributed by atoms with Gasteiger partial charge in [-0.1, -0.05) is 0 Å². The van der Waals surface area contributed by atoms with Crippen molar-refractivity contribution in [2.45, 2.75) is 13.0 Å². The summed E-state index contributed by atoms with van der Waals surface area (Å²) in [6, 6.07) is 3.21. The highest BCUT2D eigenvalue weighted by Crippen LogP contribution is 2.22. The number of carbonyl (C=O) groups excluding carboxylic acids is 3. The lowest BCUT2D eigenvalue weighted by Gasteiger charge is -2.15. The van der Waals surface area contributed by atoms with E-state index in [-0.39, 0.29) is 11.3 Å². The minimum absolute atomic E-state index is 0.0552. The zero-order valence-electron chi connectivity index (χ0n) is 10.2. The van der Waals surface area contributed by atoms with E-state index in [0.29, 0.717) is 5.69 Å². The maximum Gasteiger partial charge on any atom is 0.318 e. The molecule has 0 saturated heterocycles. The Morgan fingerprint density at radius 2 is 1.89 bits per heavy atom. The first-order valence-electron chi connectivity index (χ1n) is 5.27. The molecule has 4 amide bonds. The summed E-state index contributed by atoms with van der Waals surface area (Å²) in [5.41, 5.74) is 15.9. The maximum absolute atomic E-state index is 11.4. The summed E-state index contributed by atoms with van der Waals surface area (Å²) >= 11 is 0. The SMILES string of the molecule is CC(Oc1cc(N)ccc1C(N)=O)C(=O)NC(N)=O. The van der Waals surface area contributed by atoms with E-state index in [1.807, 2.05) is 5.32 Å². The molecule has 0 radical (unpaired) electrons. The van der Waals surface area contributed by atoms with Crippen LogP contribution in [0.2, 0.25) is 0 Å². The molecule has 19 heavy (non-hydrogen) atoms. The van der Waals surface area contributed by atoms with Gasteiger partial charge in [-0.15, -0.1) is 0 Å². The van der Waals surface area contributed by atoms with Gasteiger partial charge in [0.2, 0.25) is 0 Å². The minimum Gasteiger partial charge on any atom is -0.480 e. The molecule has 1 rings (SSSR count). The molecule has 0 heterocycles. The lowest BCUT2D eigenvalue weighted by atomic mass is 10.1. The summed E-state index contributed by atoms with van der Waals surface area (Å²) in [5.74, 6) is -1.41. The largest absolute Gasteiger partial charge is 0.480 e. The smallest absolute Gasteiger partial charge is 0.318 e. The topological polar surface area (TPSA) is 151 Å². The highest BCUT2D eigenvalue weighted by Gasteiger charge is 2.19. The van der Waals surface area contributed by atoms with Gasteiger partial charge in [0.05, 0.1) is 5.56 Å². The number of benzene rings is 1. The summed E-state index contributed by atoms with van der Waals surface area (Å²) in [6.45, 7) is 1.38. The first-order chi connectivity index (χ1) is 8.81. The van der Waals surface area contributed by atoms with Crippen LogP contribution in [-0.4, -0.2) is 23.9 Å². The van der Waals surface area contributed by atoms with E-state index in [1.165, 1.54) is 25.1 Å². The van der Waals surface area contributed by atoms with Crippen molar-refractivity contribution >= 4 is 23.5 Å². The number of carbonyl (C=O) groups is 3. The number of nitrogens with two attached hydrogens (primary N) is 3. The van der Waals surface area contributed by atoms with Crippen LogP contribution in [0.4, 0.5) is 10.5 Å². The number of amides is 4. The number of imide groups is 1. The van der Waals surface area contributed by atoms with E-state index in [4.69, 9.17) is 21.9 Å². The molecule has 0 fully saturated rings. The fourth-order valence-corrected chi connectivity index (χ4v) is 1.31. The van der Waals surface area contributed by atoms with Crippen molar-refractivity contribution in [1.82, 2.24) is 5.32 Å². The zero-order chi connectivity index (χ0) is 14.6. The van der Waals surface area contributed by atoms with Gasteiger partial charge in [-0.3, -0.25) is 14.9 Å². The molecule has 8 heteroatoms. The van der Waals surface area contributed by atoms with E-state index in [0.717, 1.165) is 0 Å². The molecule has 0 aliphatic heterocycles. The molecule has 1 unspecified atom stereocenters. The molecule has 1 aromatic carbocycles. The Morgan fingerprint density at radius 3 is 2.42 bits per heavy atom. The first kappa shape index (κ1) is 14.3. The average Bonchev–Trinajstić information content (AvgIpc) is 2.27. The molecular weight excluding hydrogens is 252 g/mol. The van der Waals surface area contributed by atoms with Crippen molar-refractivity contribution in [3.05, 3.63) is 23.8 Å². The predicted octanol–water partition coefficient (Wildman–Crippen LogP) is -0.670. The molecule has 0 spiro atoms. The molecule has 102 valence electrons. The Kier molecular flexibility index (Phi) is 4.30. The van der Waals surface area contributed by atoms with Gasteiger partial charge in [-0.05, 0) is 19.1 Å². The summed E-state index contributed by atoms with van der Waals surface area (Å²) in [6.07, 6.45) is -1.05. The number of hydrogen-bond acceptors (Lipinski definition) is 5. The highest BCUT2D eigenvalue weighted by atomic mass is 16.5. The quantitative estimate of drug-likeness (QED) is 0.533. The number of nitrogens with one attached hydrogen (secondary N) is 1. The van der Waals surface area contributed by atoms with Crippen molar-refractivity contribution in [3.8, 4) is 5.75 Å². The molecule has 7 N–H and O–H groups in total. The van der Waals surface area contributed by atoms with E-state index in [2.05, 4.69) is 0 Å². The molecule has 0 bridgehead atoms. The zero-order valence-corrected chi connectivity index (χ0v) is 10.2. The van der Waals surface area contributed by atoms with Crippen molar-refractivity contribution in [2.24, 2.45) is 11.5 Å². The van der Waals surface area contributed by atoms with Crippen molar-refractivity contribution in [3.63, 3.8) is 0 Å². The van der Waals surface area contributed by atoms with Crippen molar-refractivity contribution < 1.29 is 19.1 Å². The number of rotatable bonds is 4. The number of primary amides is 2. The second kappa shape index (κ2) is 5.71.